The zero-order valence-electron chi connectivity index (χ0n) is 11.7. The molecule has 0 aromatic heterocycles. The zero-order chi connectivity index (χ0) is 14.7. The zero-order valence-corrected chi connectivity index (χ0v) is 13.9. The van der Waals surface area contributed by atoms with E-state index < -0.39 is 0 Å². The molecule has 0 saturated heterocycles. The third-order valence-corrected chi connectivity index (χ3v) is 4.43. The summed E-state index contributed by atoms with van der Waals surface area (Å²) >= 11 is 2.39. The van der Waals surface area contributed by atoms with Gasteiger partial charge in [-0.1, -0.05) is 60.7 Å². The molecule has 3 aromatic rings. The first-order valence-electron chi connectivity index (χ1n) is 6.78. The highest BCUT2D eigenvalue weighted by molar-refractivity contribution is 14.1. The van der Waals surface area contributed by atoms with Crippen LogP contribution >= 0.6 is 22.6 Å². The van der Waals surface area contributed by atoms with Crippen molar-refractivity contribution in [1.29, 1.82) is 0 Å². The quantitative estimate of drug-likeness (QED) is 0.530. The lowest BCUT2D eigenvalue weighted by molar-refractivity contribution is 0.416. The second-order valence-electron chi connectivity index (χ2n) is 4.73. The van der Waals surface area contributed by atoms with Gasteiger partial charge in [0.2, 0.25) is 0 Å². The van der Waals surface area contributed by atoms with E-state index in [1.165, 1.54) is 20.3 Å². The molecule has 0 saturated carbocycles. The van der Waals surface area contributed by atoms with E-state index in [4.69, 9.17) is 4.74 Å². The fourth-order valence-electron chi connectivity index (χ4n) is 2.50. The van der Waals surface area contributed by atoms with Gasteiger partial charge in [0.05, 0.1) is 7.11 Å². The van der Waals surface area contributed by atoms with Crippen molar-refractivity contribution in [1.82, 2.24) is 0 Å². The van der Waals surface area contributed by atoms with Crippen molar-refractivity contribution >= 4 is 22.6 Å². The summed E-state index contributed by atoms with van der Waals surface area (Å²) in [4.78, 5) is 0. The van der Waals surface area contributed by atoms with E-state index in [-0.39, 0.29) is 0 Å². The number of benzene rings is 3. The summed E-state index contributed by atoms with van der Waals surface area (Å²) < 4.78 is 6.77. The smallest absolute Gasteiger partial charge is 0.126 e. The average Bonchev–Trinajstić information content (AvgIpc) is 2.55. The Morgan fingerprint density at radius 3 is 1.71 bits per heavy atom. The first-order valence-corrected chi connectivity index (χ1v) is 7.86. The van der Waals surface area contributed by atoms with Gasteiger partial charge >= 0.3 is 0 Å². The molecular weight excluding hydrogens is 371 g/mol. The molecule has 0 unspecified atom stereocenters. The molecule has 2 heteroatoms. The van der Waals surface area contributed by atoms with E-state index in [1.807, 2.05) is 18.2 Å². The Labute approximate surface area is 138 Å². The van der Waals surface area contributed by atoms with Crippen molar-refractivity contribution in [3.05, 3.63) is 76.4 Å². The van der Waals surface area contributed by atoms with Crippen molar-refractivity contribution in [3.63, 3.8) is 0 Å². The third kappa shape index (κ3) is 2.81. The molecule has 0 aliphatic carbocycles. The lowest BCUT2D eigenvalue weighted by Crippen LogP contribution is -1.91. The topological polar surface area (TPSA) is 9.23 Å². The molecule has 1 nitrogen and oxygen atoms in total. The minimum Gasteiger partial charge on any atom is -0.496 e. The minimum absolute atomic E-state index is 0.899. The molecule has 3 rings (SSSR count). The van der Waals surface area contributed by atoms with Crippen LogP contribution in [0.1, 0.15) is 0 Å². The summed E-state index contributed by atoms with van der Waals surface area (Å²) in [6, 6.07) is 25.1. The highest BCUT2D eigenvalue weighted by Crippen LogP contribution is 2.38. The van der Waals surface area contributed by atoms with Crippen LogP contribution in [0.2, 0.25) is 0 Å². The molecule has 0 aliphatic rings. The maximum Gasteiger partial charge on any atom is 0.126 e. The molecule has 0 amide bonds. The molecule has 0 radical (unpaired) electrons. The summed E-state index contributed by atoms with van der Waals surface area (Å²) in [5, 5.41) is 0. The number of methoxy groups -OCH3 is 1. The minimum atomic E-state index is 0.899. The van der Waals surface area contributed by atoms with Gasteiger partial charge in [-0.2, -0.15) is 0 Å². The van der Waals surface area contributed by atoms with Gasteiger partial charge in [0.1, 0.15) is 5.75 Å². The Hall–Kier alpha value is -1.81. The molecule has 0 N–H and O–H groups in total. The van der Waals surface area contributed by atoms with E-state index in [0.29, 0.717) is 0 Å². The highest BCUT2D eigenvalue weighted by Gasteiger charge is 2.12. The molecule has 21 heavy (non-hydrogen) atoms. The highest BCUT2D eigenvalue weighted by atomic mass is 127. The first-order chi connectivity index (χ1) is 10.3. The van der Waals surface area contributed by atoms with Crippen molar-refractivity contribution in [2.24, 2.45) is 0 Å². The van der Waals surface area contributed by atoms with Gasteiger partial charge in [0.25, 0.3) is 0 Å². The van der Waals surface area contributed by atoms with Crippen molar-refractivity contribution in [3.8, 4) is 28.0 Å². The second-order valence-corrected chi connectivity index (χ2v) is 5.89. The Morgan fingerprint density at radius 2 is 1.10 bits per heavy atom. The Morgan fingerprint density at radius 1 is 0.619 bits per heavy atom. The Kier molecular flexibility index (Phi) is 4.25. The molecular formula is C19H15IO. The van der Waals surface area contributed by atoms with Crippen LogP contribution in [-0.2, 0) is 0 Å². The first kappa shape index (κ1) is 14.1. The van der Waals surface area contributed by atoms with Crippen LogP contribution in [-0.4, -0.2) is 7.11 Å². The van der Waals surface area contributed by atoms with E-state index >= 15 is 0 Å². The van der Waals surface area contributed by atoms with E-state index in [0.717, 1.165) is 11.3 Å². The molecule has 104 valence electrons. The van der Waals surface area contributed by atoms with Crippen LogP contribution in [0.4, 0.5) is 0 Å². The number of rotatable bonds is 3. The Bertz CT molecular complexity index is 765. The summed E-state index contributed by atoms with van der Waals surface area (Å²) in [6.07, 6.45) is 0. The van der Waals surface area contributed by atoms with Crippen LogP contribution in [0.25, 0.3) is 22.3 Å². The number of ether oxygens (including phenoxy) is 1. The maximum atomic E-state index is 5.52. The predicted molar refractivity (Wildman–Crippen MR) is 96.6 cm³/mol. The van der Waals surface area contributed by atoms with Gasteiger partial charge in [-0.3, -0.25) is 0 Å². The van der Waals surface area contributed by atoms with Crippen LogP contribution < -0.4 is 4.74 Å². The fourth-order valence-corrected chi connectivity index (χ4v) is 3.18. The van der Waals surface area contributed by atoms with Gasteiger partial charge in [-0.05, 0) is 51.4 Å². The molecule has 0 aliphatic heterocycles. The van der Waals surface area contributed by atoms with Crippen molar-refractivity contribution in [2.75, 3.05) is 7.11 Å². The molecule has 0 fully saturated rings. The number of hydrogen-bond donors (Lipinski definition) is 0. The van der Waals surface area contributed by atoms with Crippen LogP contribution in [0, 0.1) is 3.57 Å². The monoisotopic (exact) mass is 386 g/mol. The van der Waals surface area contributed by atoms with Crippen LogP contribution in [0.3, 0.4) is 0 Å². The molecule has 3 aromatic carbocycles. The second kappa shape index (κ2) is 6.31. The van der Waals surface area contributed by atoms with Gasteiger partial charge in [0, 0.05) is 9.13 Å². The predicted octanol–water partition coefficient (Wildman–Crippen LogP) is 5.63. The van der Waals surface area contributed by atoms with Crippen molar-refractivity contribution < 1.29 is 4.74 Å². The molecule has 0 heterocycles. The fraction of sp³-hybridized carbons (Fsp3) is 0.0526. The molecule has 0 bridgehead atoms. The SMILES string of the molecule is COc1ccccc1-c1ccccc1-c1ccccc1I. The lowest BCUT2D eigenvalue weighted by Gasteiger charge is -2.14. The molecule has 0 atom stereocenters. The van der Waals surface area contributed by atoms with Gasteiger partial charge < -0.3 is 4.74 Å². The van der Waals surface area contributed by atoms with Crippen LogP contribution in [0.5, 0.6) is 5.75 Å². The van der Waals surface area contributed by atoms with Gasteiger partial charge in [0.15, 0.2) is 0 Å². The largest absolute Gasteiger partial charge is 0.496 e. The summed E-state index contributed by atoms with van der Waals surface area (Å²) in [5.74, 6) is 0.899. The van der Waals surface area contributed by atoms with Gasteiger partial charge in [-0.25, -0.2) is 0 Å². The van der Waals surface area contributed by atoms with Gasteiger partial charge in [-0.15, -0.1) is 0 Å². The van der Waals surface area contributed by atoms with Crippen LogP contribution in [0.15, 0.2) is 72.8 Å². The Balaban J connectivity index is 2.24. The van der Waals surface area contributed by atoms with E-state index in [9.17, 15) is 0 Å². The standard InChI is InChI=1S/C19H15IO/c1-21-19-13-7-5-11-17(19)15-9-3-2-8-14(15)16-10-4-6-12-18(16)20/h2-13H,1H3. The normalized spacial score (nSPS) is 10.4. The summed E-state index contributed by atoms with van der Waals surface area (Å²) in [6.45, 7) is 0. The summed E-state index contributed by atoms with van der Waals surface area (Å²) in [5.41, 5.74) is 4.79. The molecule has 0 spiro atoms. The number of halogens is 1. The number of para-hydroxylation sites is 1. The average molecular weight is 386 g/mol. The maximum absolute atomic E-state index is 5.52. The number of hydrogen-bond acceptors (Lipinski definition) is 1. The van der Waals surface area contributed by atoms with Crippen molar-refractivity contribution in [2.45, 2.75) is 0 Å². The summed E-state index contributed by atoms with van der Waals surface area (Å²) in [7, 11) is 1.72. The third-order valence-electron chi connectivity index (χ3n) is 3.49. The van der Waals surface area contributed by atoms with E-state index in [1.54, 1.807) is 7.11 Å². The van der Waals surface area contributed by atoms with E-state index in [2.05, 4.69) is 77.2 Å². The lowest BCUT2D eigenvalue weighted by atomic mass is 9.94.